The zero-order chi connectivity index (χ0) is 14.4. The average Bonchev–Trinajstić information content (AvgIpc) is 2.64. The Kier molecular flexibility index (Phi) is 6.52. The van der Waals surface area contributed by atoms with Crippen LogP contribution in [0.2, 0.25) is 0 Å². The summed E-state index contributed by atoms with van der Waals surface area (Å²) in [6.45, 7) is 10.2. The van der Waals surface area contributed by atoms with E-state index in [2.05, 4.69) is 31.2 Å². The lowest BCUT2D eigenvalue weighted by Crippen LogP contribution is -2.24. The van der Waals surface area contributed by atoms with Crippen molar-refractivity contribution in [2.24, 2.45) is 13.0 Å². The minimum Gasteiger partial charge on any atom is -0.393 e. The summed E-state index contributed by atoms with van der Waals surface area (Å²) >= 11 is 0. The molecule has 0 aliphatic carbocycles. The van der Waals surface area contributed by atoms with Gasteiger partial charge in [-0.25, -0.2) is 0 Å². The molecule has 0 spiro atoms. The summed E-state index contributed by atoms with van der Waals surface area (Å²) < 4.78 is 2.01. The first kappa shape index (κ1) is 16.2. The van der Waals surface area contributed by atoms with E-state index in [0.29, 0.717) is 5.92 Å². The summed E-state index contributed by atoms with van der Waals surface area (Å²) in [6, 6.07) is 0. The first-order valence-corrected chi connectivity index (χ1v) is 7.41. The Labute approximate surface area is 117 Å². The Bertz CT molecular complexity index is 385. The average molecular weight is 267 g/mol. The van der Waals surface area contributed by atoms with Crippen molar-refractivity contribution in [3.63, 3.8) is 0 Å². The van der Waals surface area contributed by atoms with Crippen molar-refractivity contribution in [2.75, 3.05) is 6.54 Å². The maximum absolute atomic E-state index is 9.37. The van der Waals surface area contributed by atoms with E-state index in [1.807, 2.05) is 18.7 Å². The predicted molar refractivity (Wildman–Crippen MR) is 79.1 cm³/mol. The zero-order valence-corrected chi connectivity index (χ0v) is 13.0. The molecule has 0 fully saturated rings. The Balaban J connectivity index is 2.57. The van der Waals surface area contributed by atoms with Gasteiger partial charge in [-0.05, 0) is 38.6 Å². The van der Waals surface area contributed by atoms with Crippen LogP contribution in [-0.2, 0) is 26.4 Å². The highest BCUT2D eigenvalue weighted by molar-refractivity contribution is 5.26. The second kappa shape index (κ2) is 7.65. The van der Waals surface area contributed by atoms with Crippen LogP contribution in [0.15, 0.2) is 0 Å². The molecule has 4 heteroatoms. The third kappa shape index (κ3) is 4.62. The van der Waals surface area contributed by atoms with E-state index in [1.54, 1.807) is 0 Å². The van der Waals surface area contributed by atoms with E-state index in [4.69, 9.17) is 0 Å². The second-order valence-electron chi connectivity index (χ2n) is 5.52. The number of aliphatic hydroxyl groups excluding tert-OH is 1. The van der Waals surface area contributed by atoms with Crippen LogP contribution in [0, 0.1) is 5.92 Å². The number of hydrogen-bond donors (Lipinski definition) is 2. The largest absolute Gasteiger partial charge is 0.393 e. The maximum atomic E-state index is 9.37. The smallest absolute Gasteiger partial charge is 0.0669 e. The summed E-state index contributed by atoms with van der Waals surface area (Å²) in [7, 11) is 2.03. The molecule has 2 unspecified atom stereocenters. The van der Waals surface area contributed by atoms with Gasteiger partial charge >= 0.3 is 0 Å². The molecule has 0 saturated heterocycles. The highest BCUT2D eigenvalue weighted by atomic mass is 16.3. The highest BCUT2D eigenvalue weighted by Gasteiger charge is 2.13. The summed E-state index contributed by atoms with van der Waals surface area (Å²) in [5, 5.41) is 17.5. The monoisotopic (exact) mass is 267 g/mol. The van der Waals surface area contributed by atoms with E-state index in [0.717, 1.165) is 32.4 Å². The molecule has 19 heavy (non-hydrogen) atoms. The lowest BCUT2D eigenvalue weighted by atomic mass is 10.0. The predicted octanol–water partition coefficient (Wildman–Crippen LogP) is 2.04. The lowest BCUT2D eigenvalue weighted by Gasteiger charge is -2.14. The Hall–Kier alpha value is -0.870. The molecule has 1 rings (SSSR count). The Morgan fingerprint density at radius 3 is 2.47 bits per heavy atom. The Morgan fingerprint density at radius 1 is 1.26 bits per heavy atom. The highest BCUT2D eigenvalue weighted by Crippen LogP contribution is 2.15. The molecule has 0 bridgehead atoms. The number of aryl methyl sites for hydroxylation is 2. The number of aliphatic hydroxyl groups is 1. The van der Waals surface area contributed by atoms with Gasteiger partial charge in [0.1, 0.15) is 0 Å². The summed E-state index contributed by atoms with van der Waals surface area (Å²) in [5.41, 5.74) is 3.89. The first-order chi connectivity index (χ1) is 8.99. The number of nitrogens with zero attached hydrogens (tertiary/aromatic N) is 2. The van der Waals surface area contributed by atoms with Crippen molar-refractivity contribution in [1.29, 1.82) is 0 Å². The number of nitrogens with one attached hydrogen (secondary N) is 1. The van der Waals surface area contributed by atoms with Crippen molar-refractivity contribution >= 4 is 0 Å². The topological polar surface area (TPSA) is 50.1 Å². The van der Waals surface area contributed by atoms with E-state index in [9.17, 15) is 5.11 Å². The number of aromatic nitrogens is 2. The van der Waals surface area contributed by atoms with Gasteiger partial charge in [-0.2, -0.15) is 5.10 Å². The van der Waals surface area contributed by atoms with Gasteiger partial charge < -0.3 is 10.4 Å². The van der Waals surface area contributed by atoms with Crippen LogP contribution >= 0.6 is 0 Å². The molecule has 0 aliphatic heterocycles. The van der Waals surface area contributed by atoms with Crippen LogP contribution in [-0.4, -0.2) is 27.5 Å². The van der Waals surface area contributed by atoms with E-state index in [1.165, 1.54) is 17.0 Å². The van der Waals surface area contributed by atoms with Crippen molar-refractivity contribution in [1.82, 2.24) is 15.1 Å². The van der Waals surface area contributed by atoms with E-state index < -0.39 is 0 Å². The number of hydrogen-bond acceptors (Lipinski definition) is 3. The second-order valence-corrected chi connectivity index (χ2v) is 5.52. The van der Waals surface area contributed by atoms with Crippen LogP contribution in [0.1, 0.15) is 51.1 Å². The SMILES string of the molecule is CCc1nn(C)c(CC)c1CNCC(C)CC(C)O. The van der Waals surface area contributed by atoms with E-state index >= 15 is 0 Å². The summed E-state index contributed by atoms with van der Waals surface area (Å²) in [6.07, 6.45) is 2.63. The van der Waals surface area contributed by atoms with Crippen LogP contribution in [0.25, 0.3) is 0 Å². The quantitative estimate of drug-likeness (QED) is 0.758. The minimum absolute atomic E-state index is 0.215. The fraction of sp³-hybridized carbons (Fsp3) is 0.800. The molecule has 2 N–H and O–H groups in total. The molecule has 0 aromatic carbocycles. The zero-order valence-electron chi connectivity index (χ0n) is 13.0. The molecule has 4 nitrogen and oxygen atoms in total. The van der Waals surface area contributed by atoms with Gasteiger partial charge in [0.15, 0.2) is 0 Å². The third-order valence-corrected chi connectivity index (χ3v) is 3.57. The van der Waals surface area contributed by atoms with Crippen LogP contribution in [0.3, 0.4) is 0 Å². The molecule has 1 heterocycles. The molecular formula is C15H29N3O. The Morgan fingerprint density at radius 2 is 1.95 bits per heavy atom. The van der Waals surface area contributed by atoms with Gasteiger partial charge in [-0.1, -0.05) is 20.8 Å². The molecule has 0 radical (unpaired) electrons. The normalized spacial score (nSPS) is 14.6. The molecule has 0 amide bonds. The standard InChI is InChI=1S/C15H29N3O/c1-6-14-13(15(7-2)18(5)17-14)10-16-9-11(3)8-12(4)19/h11-12,16,19H,6-10H2,1-5H3. The molecule has 1 aromatic heterocycles. The molecular weight excluding hydrogens is 238 g/mol. The fourth-order valence-corrected chi connectivity index (χ4v) is 2.70. The van der Waals surface area contributed by atoms with E-state index in [-0.39, 0.29) is 6.10 Å². The van der Waals surface area contributed by atoms with Crippen LogP contribution < -0.4 is 5.32 Å². The summed E-state index contributed by atoms with van der Waals surface area (Å²) in [4.78, 5) is 0. The van der Waals surface area contributed by atoms with Gasteiger partial charge in [-0.15, -0.1) is 0 Å². The lowest BCUT2D eigenvalue weighted by molar-refractivity contribution is 0.163. The fourth-order valence-electron chi connectivity index (χ4n) is 2.70. The van der Waals surface area contributed by atoms with Crippen LogP contribution in [0.4, 0.5) is 0 Å². The first-order valence-electron chi connectivity index (χ1n) is 7.41. The van der Waals surface area contributed by atoms with Crippen molar-refractivity contribution in [3.8, 4) is 0 Å². The van der Waals surface area contributed by atoms with Gasteiger partial charge in [-0.3, -0.25) is 4.68 Å². The van der Waals surface area contributed by atoms with Gasteiger partial charge in [0.25, 0.3) is 0 Å². The van der Waals surface area contributed by atoms with Crippen molar-refractivity contribution in [3.05, 3.63) is 17.0 Å². The summed E-state index contributed by atoms with van der Waals surface area (Å²) in [5.74, 6) is 0.492. The van der Waals surface area contributed by atoms with Crippen molar-refractivity contribution < 1.29 is 5.11 Å². The van der Waals surface area contributed by atoms with Gasteiger partial charge in [0, 0.05) is 24.8 Å². The van der Waals surface area contributed by atoms with Gasteiger partial charge in [0.2, 0.25) is 0 Å². The third-order valence-electron chi connectivity index (χ3n) is 3.57. The molecule has 0 saturated carbocycles. The van der Waals surface area contributed by atoms with Crippen molar-refractivity contribution in [2.45, 2.75) is 59.6 Å². The minimum atomic E-state index is -0.215. The molecule has 110 valence electrons. The molecule has 1 aromatic rings. The number of rotatable bonds is 8. The van der Waals surface area contributed by atoms with Crippen LogP contribution in [0.5, 0.6) is 0 Å². The molecule has 2 atom stereocenters. The van der Waals surface area contributed by atoms with Gasteiger partial charge in [0.05, 0.1) is 11.8 Å². The molecule has 0 aliphatic rings. The maximum Gasteiger partial charge on any atom is 0.0669 e.